The summed E-state index contributed by atoms with van der Waals surface area (Å²) in [5, 5.41) is 0. The smallest absolute Gasteiger partial charge is 0.377 e. The van der Waals surface area contributed by atoms with E-state index in [2.05, 4.69) is 0 Å². The second-order valence-electron chi connectivity index (χ2n) is 5.51. The van der Waals surface area contributed by atoms with Gasteiger partial charge in [-0.05, 0) is 31.1 Å². The molecule has 2 rings (SSSR count). The average Bonchev–Trinajstić information content (AvgIpc) is 3.13. The van der Waals surface area contributed by atoms with Gasteiger partial charge in [-0.25, -0.2) is 0 Å². The van der Waals surface area contributed by atoms with E-state index in [1.54, 1.807) is 14.2 Å². The van der Waals surface area contributed by atoms with Crippen molar-refractivity contribution in [2.45, 2.75) is 31.2 Å². The third kappa shape index (κ3) is 2.75. The molecular formula is C12H26O6Si2. The predicted octanol–water partition coefficient (Wildman–Crippen LogP) is 1.80. The molecule has 2 fully saturated rings. The fourth-order valence-corrected chi connectivity index (χ4v) is 10.2. The van der Waals surface area contributed by atoms with Gasteiger partial charge in [0.25, 0.3) is 0 Å². The van der Waals surface area contributed by atoms with Crippen LogP contribution < -0.4 is 0 Å². The Bertz CT molecular complexity index is 313. The summed E-state index contributed by atoms with van der Waals surface area (Å²) in [6.45, 7) is 0. The maximum Gasteiger partial charge on any atom is 0.671 e. The molecule has 20 heavy (non-hydrogen) atoms. The van der Waals surface area contributed by atoms with Crippen molar-refractivity contribution in [2.24, 2.45) is 11.8 Å². The molecule has 2 saturated carbocycles. The lowest BCUT2D eigenvalue weighted by Gasteiger charge is -2.39. The molecule has 0 N–H and O–H groups in total. The monoisotopic (exact) mass is 322 g/mol. The minimum absolute atomic E-state index is 0.323. The van der Waals surface area contributed by atoms with Gasteiger partial charge in [0, 0.05) is 41.1 Å². The van der Waals surface area contributed by atoms with Crippen molar-refractivity contribution in [3.8, 4) is 0 Å². The minimum atomic E-state index is -3.18. The van der Waals surface area contributed by atoms with E-state index in [-0.39, 0.29) is 0 Å². The third-order valence-corrected chi connectivity index (χ3v) is 11.2. The zero-order valence-corrected chi connectivity index (χ0v) is 15.0. The van der Waals surface area contributed by atoms with Crippen molar-refractivity contribution in [2.75, 3.05) is 35.5 Å². The first-order valence-corrected chi connectivity index (χ1v) is 10.5. The summed E-state index contributed by atoms with van der Waals surface area (Å²) in [6.07, 6.45) is 4.93. The zero-order valence-electron chi connectivity index (χ0n) is 13.0. The lowest BCUT2D eigenvalue weighted by molar-refractivity contribution is 0.00854. The Kier molecular flexibility index (Phi) is 5.41. The molecule has 0 heterocycles. The van der Waals surface area contributed by atoms with Gasteiger partial charge in [0.05, 0.1) is 0 Å². The van der Waals surface area contributed by atoms with Gasteiger partial charge in [-0.3, -0.25) is 0 Å². The summed E-state index contributed by atoms with van der Waals surface area (Å²) in [7, 11) is 1.85. The highest BCUT2D eigenvalue weighted by atomic mass is 28.5. The van der Waals surface area contributed by atoms with Crippen LogP contribution in [0.25, 0.3) is 0 Å². The van der Waals surface area contributed by atoms with Gasteiger partial charge in [-0.2, -0.15) is 0 Å². The SMILES string of the molecule is CO[Si](OC)(OC)O[Si](OC)(OC)C1CC2CCC1C2. The molecule has 0 saturated heterocycles. The fourth-order valence-electron chi connectivity index (χ4n) is 3.77. The molecule has 2 bridgehead atoms. The molecule has 0 aromatic heterocycles. The maximum atomic E-state index is 6.17. The average molecular weight is 323 g/mol. The topological polar surface area (TPSA) is 55.4 Å². The van der Waals surface area contributed by atoms with E-state index in [0.717, 1.165) is 12.3 Å². The number of rotatable bonds is 8. The highest BCUT2D eigenvalue weighted by Crippen LogP contribution is 2.56. The first-order valence-electron chi connectivity index (χ1n) is 7.04. The van der Waals surface area contributed by atoms with Crippen LogP contribution in [0.5, 0.6) is 0 Å². The first kappa shape index (κ1) is 16.6. The standard InChI is InChI=1S/C12H26O6Si2/c1-13-19(14-2,18-20(15-3,16-4)17-5)12-9-10-6-7-11(12)8-10/h10-12H,6-9H2,1-5H3. The van der Waals surface area contributed by atoms with Gasteiger partial charge in [-0.1, -0.05) is 6.42 Å². The van der Waals surface area contributed by atoms with Crippen molar-refractivity contribution in [3.63, 3.8) is 0 Å². The van der Waals surface area contributed by atoms with Crippen LogP contribution >= 0.6 is 0 Å². The van der Waals surface area contributed by atoms with E-state index in [0.29, 0.717) is 11.5 Å². The second kappa shape index (κ2) is 6.53. The second-order valence-corrected chi connectivity index (χ2v) is 11.3. The van der Waals surface area contributed by atoms with Gasteiger partial charge in [0.15, 0.2) is 0 Å². The molecule has 0 radical (unpaired) electrons. The van der Waals surface area contributed by atoms with Crippen LogP contribution in [0.4, 0.5) is 0 Å². The van der Waals surface area contributed by atoms with Crippen molar-refractivity contribution in [1.29, 1.82) is 0 Å². The van der Waals surface area contributed by atoms with E-state index >= 15 is 0 Å². The van der Waals surface area contributed by atoms with Crippen LogP contribution in [0.15, 0.2) is 0 Å². The highest BCUT2D eigenvalue weighted by molar-refractivity contribution is 6.73. The molecule has 6 nitrogen and oxygen atoms in total. The number of hydrogen-bond donors (Lipinski definition) is 0. The first-order chi connectivity index (χ1) is 9.58. The number of fused-ring (bicyclic) bond motifs is 2. The van der Waals surface area contributed by atoms with Gasteiger partial charge >= 0.3 is 17.9 Å². The Labute approximate surface area is 123 Å². The van der Waals surface area contributed by atoms with E-state index < -0.39 is 17.9 Å². The summed E-state index contributed by atoms with van der Waals surface area (Å²) >= 11 is 0. The quantitative estimate of drug-likeness (QED) is 0.635. The summed E-state index contributed by atoms with van der Waals surface area (Å²) in [5.74, 6) is 1.42. The Balaban J connectivity index is 2.20. The van der Waals surface area contributed by atoms with Crippen molar-refractivity contribution in [3.05, 3.63) is 0 Å². The Morgan fingerprint density at radius 2 is 1.35 bits per heavy atom. The highest BCUT2D eigenvalue weighted by Gasteiger charge is 2.63. The Hall–Kier alpha value is 0.194. The van der Waals surface area contributed by atoms with E-state index in [1.165, 1.54) is 40.6 Å². The third-order valence-electron chi connectivity index (χ3n) is 4.78. The summed E-state index contributed by atoms with van der Waals surface area (Å²) in [6, 6.07) is 0. The lowest BCUT2D eigenvalue weighted by Crippen LogP contribution is -2.61. The molecule has 2 aliphatic rings. The fraction of sp³-hybridized carbons (Fsp3) is 1.00. The molecule has 8 heteroatoms. The molecule has 0 aromatic carbocycles. The normalized spacial score (nSPS) is 30.1. The van der Waals surface area contributed by atoms with Crippen molar-refractivity contribution >= 4 is 17.9 Å². The minimum Gasteiger partial charge on any atom is -0.377 e. The number of hydrogen-bond acceptors (Lipinski definition) is 6. The van der Waals surface area contributed by atoms with Crippen LogP contribution in [0.2, 0.25) is 5.54 Å². The van der Waals surface area contributed by atoms with Crippen LogP contribution in [0.1, 0.15) is 25.7 Å². The summed E-state index contributed by atoms with van der Waals surface area (Å²) in [5.41, 5.74) is 0.323. The molecule has 0 spiro atoms. The van der Waals surface area contributed by atoms with E-state index in [1.807, 2.05) is 0 Å². The molecule has 3 atom stereocenters. The maximum absolute atomic E-state index is 6.17. The molecule has 0 aliphatic heterocycles. The molecule has 3 unspecified atom stereocenters. The molecule has 118 valence electrons. The van der Waals surface area contributed by atoms with Gasteiger partial charge in [0.1, 0.15) is 0 Å². The lowest BCUT2D eigenvalue weighted by atomic mass is 10.0. The molecule has 0 aromatic rings. The van der Waals surface area contributed by atoms with Crippen molar-refractivity contribution in [1.82, 2.24) is 0 Å². The molecular weight excluding hydrogens is 296 g/mol. The van der Waals surface area contributed by atoms with Crippen LogP contribution in [-0.4, -0.2) is 53.4 Å². The molecule has 2 aliphatic carbocycles. The van der Waals surface area contributed by atoms with Crippen molar-refractivity contribution < 1.29 is 26.2 Å². The largest absolute Gasteiger partial charge is 0.671 e. The zero-order chi connectivity index (χ0) is 14.8. The molecule has 0 amide bonds. The summed E-state index contributed by atoms with van der Waals surface area (Å²) < 4.78 is 33.9. The van der Waals surface area contributed by atoms with Crippen LogP contribution in [0.3, 0.4) is 0 Å². The Morgan fingerprint density at radius 3 is 1.70 bits per heavy atom. The predicted molar refractivity (Wildman–Crippen MR) is 76.8 cm³/mol. The van der Waals surface area contributed by atoms with E-state index in [4.69, 9.17) is 26.2 Å². The van der Waals surface area contributed by atoms with Gasteiger partial charge in [0.2, 0.25) is 0 Å². The Morgan fingerprint density at radius 1 is 0.750 bits per heavy atom. The van der Waals surface area contributed by atoms with Crippen LogP contribution in [0, 0.1) is 11.8 Å². The van der Waals surface area contributed by atoms with Crippen LogP contribution in [-0.2, 0) is 26.2 Å². The summed E-state index contributed by atoms with van der Waals surface area (Å²) in [4.78, 5) is 0. The van der Waals surface area contributed by atoms with Gasteiger partial charge in [-0.15, -0.1) is 0 Å². The van der Waals surface area contributed by atoms with Gasteiger partial charge < -0.3 is 26.2 Å². The van der Waals surface area contributed by atoms with E-state index in [9.17, 15) is 0 Å².